The minimum Gasteiger partial charge on any atom is -0.467 e. The van der Waals surface area contributed by atoms with Crippen molar-refractivity contribution < 1.29 is 9.21 Å². The largest absolute Gasteiger partial charge is 0.467 e. The number of aromatic nitrogens is 2. The van der Waals surface area contributed by atoms with E-state index in [-0.39, 0.29) is 12.2 Å². The summed E-state index contributed by atoms with van der Waals surface area (Å²) in [6.45, 7) is 2.22. The molecular weight excluding hydrogens is 294 g/mol. The van der Waals surface area contributed by atoms with Gasteiger partial charge in [-0.05, 0) is 25.1 Å². The molecule has 0 fully saturated rings. The lowest BCUT2D eigenvalue weighted by Crippen LogP contribution is -2.27. The summed E-state index contributed by atoms with van der Waals surface area (Å²) in [5, 5.41) is 2.69. The zero-order valence-electron chi connectivity index (χ0n) is 12.5. The number of hydrogen-bond donors (Lipinski definition) is 2. The van der Waals surface area contributed by atoms with Gasteiger partial charge < -0.3 is 14.7 Å². The number of rotatable bonds is 4. The molecule has 6 heteroatoms. The first-order valence-corrected chi connectivity index (χ1v) is 7.11. The Morgan fingerprint density at radius 1 is 1.26 bits per heavy atom. The van der Waals surface area contributed by atoms with E-state index < -0.39 is 11.6 Å². The van der Waals surface area contributed by atoms with Crippen LogP contribution in [0, 0.1) is 6.92 Å². The fraction of sp³-hybridized carbons (Fsp3) is 0.118. The number of amides is 1. The predicted octanol–water partition coefficient (Wildman–Crippen LogP) is 2.27. The highest BCUT2D eigenvalue weighted by Crippen LogP contribution is 2.16. The maximum absolute atomic E-state index is 12.2. The van der Waals surface area contributed by atoms with Crippen molar-refractivity contribution in [3.63, 3.8) is 0 Å². The van der Waals surface area contributed by atoms with Crippen molar-refractivity contribution in [3.8, 4) is 11.3 Å². The van der Waals surface area contributed by atoms with Crippen molar-refractivity contribution in [2.75, 3.05) is 0 Å². The first kappa shape index (κ1) is 14.8. The molecule has 0 radical (unpaired) electrons. The van der Waals surface area contributed by atoms with Gasteiger partial charge in [-0.2, -0.15) is 4.98 Å². The van der Waals surface area contributed by atoms with Gasteiger partial charge in [-0.1, -0.05) is 29.8 Å². The van der Waals surface area contributed by atoms with E-state index in [1.165, 1.54) is 6.26 Å². The van der Waals surface area contributed by atoms with Crippen LogP contribution < -0.4 is 11.0 Å². The van der Waals surface area contributed by atoms with E-state index in [1.54, 1.807) is 18.2 Å². The molecule has 6 nitrogen and oxygen atoms in total. The summed E-state index contributed by atoms with van der Waals surface area (Å²) in [5.41, 5.74) is 1.94. The summed E-state index contributed by atoms with van der Waals surface area (Å²) >= 11 is 0. The topological polar surface area (TPSA) is 88.0 Å². The Morgan fingerprint density at radius 3 is 2.74 bits per heavy atom. The lowest BCUT2D eigenvalue weighted by molar-refractivity contribution is 0.0942. The van der Waals surface area contributed by atoms with Crippen LogP contribution in [0.4, 0.5) is 0 Å². The Labute approximate surface area is 132 Å². The number of furan rings is 1. The second-order valence-corrected chi connectivity index (χ2v) is 5.11. The van der Waals surface area contributed by atoms with Gasteiger partial charge in [-0.3, -0.25) is 4.79 Å². The number of nitrogens with zero attached hydrogens (tertiary/aromatic N) is 1. The summed E-state index contributed by atoms with van der Waals surface area (Å²) in [6, 6.07) is 12.6. The van der Waals surface area contributed by atoms with Gasteiger partial charge in [0, 0.05) is 5.56 Å². The first-order chi connectivity index (χ1) is 11.1. The molecule has 3 rings (SSSR count). The van der Waals surface area contributed by atoms with Gasteiger partial charge in [-0.25, -0.2) is 4.79 Å². The Kier molecular flexibility index (Phi) is 4.05. The Bertz CT molecular complexity index is 865. The Balaban J connectivity index is 1.83. The number of hydrogen-bond acceptors (Lipinski definition) is 4. The van der Waals surface area contributed by atoms with Crippen LogP contribution in [0.15, 0.2) is 57.9 Å². The average molecular weight is 309 g/mol. The van der Waals surface area contributed by atoms with Gasteiger partial charge in [0.15, 0.2) is 0 Å². The third kappa shape index (κ3) is 3.55. The quantitative estimate of drug-likeness (QED) is 0.774. The van der Waals surface area contributed by atoms with E-state index in [0.29, 0.717) is 11.5 Å². The molecule has 0 unspecified atom stereocenters. The first-order valence-electron chi connectivity index (χ1n) is 7.11. The standard InChI is InChI=1S/C17H15N3O3/c1-11-4-6-12(7-5-11)14-9-15(20-17(22)19-14)16(21)18-10-13-3-2-8-23-13/h2-9H,10H2,1H3,(H,18,21)(H,19,20,22). The van der Waals surface area contributed by atoms with Crippen molar-refractivity contribution in [1.29, 1.82) is 0 Å². The van der Waals surface area contributed by atoms with Crippen molar-refractivity contribution in [2.24, 2.45) is 0 Å². The number of aryl methyl sites for hydroxylation is 1. The molecule has 0 aliphatic heterocycles. The van der Waals surface area contributed by atoms with E-state index in [4.69, 9.17) is 4.42 Å². The smallest absolute Gasteiger partial charge is 0.346 e. The third-order valence-corrected chi connectivity index (χ3v) is 3.34. The highest BCUT2D eigenvalue weighted by molar-refractivity contribution is 5.93. The number of benzene rings is 1. The summed E-state index contributed by atoms with van der Waals surface area (Å²) in [7, 11) is 0. The second-order valence-electron chi connectivity index (χ2n) is 5.11. The van der Waals surface area contributed by atoms with Gasteiger partial charge in [0.05, 0.1) is 18.5 Å². The average Bonchev–Trinajstić information content (AvgIpc) is 3.06. The summed E-state index contributed by atoms with van der Waals surface area (Å²) in [5.74, 6) is 0.239. The molecule has 0 bridgehead atoms. The molecule has 2 N–H and O–H groups in total. The van der Waals surface area contributed by atoms with Gasteiger partial charge in [0.2, 0.25) is 0 Å². The van der Waals surface area contributed by atoms with Crippen molar-refractivity contribution >= 4 is 5.91 Å². The van der Waals surface area contributed by atoms with Crippen LogP contribution in [0.3, 0.4) is 0 Å². The van der Waals surface area contributed by atoms with Crippen LogP contribution in [0.1, 0.15) is 21.8 Å². The number of carbonyl (C=O) groups is 1. The molecule has 0 saturated heterocycles. The van der Waals surface area contributed by atoms with Gasteiger partial charge in [-0.15, -0.1) is 0 Å². The van der Waals surface area contributed by atoms with Crippen LogP contribution in [-0.4, -0.2) is 15.9 Å². The minimum absolute atomic E-state index is 0.159. The van der Waals surface area contributed by atoms with E-state index >= 15 is 0 Å². The monoisotopic (exact) mass is 309 g/mol. The van der Waals surface area contributed by atoms with Crippen LogP contribution in [0.25, 0.3) is 11.3 Å². The second kappa shape index (κ2) is 6.31. The lowest BCUT2D eigenvalue weighted by Gasteiger charge is -2.06. The third-order valence-electron chi connectivity index (χ3n) is 3.34. The van der Waals surface area contributed by atoms with E-state index in [2.05, 4.69) is 15.3 Å². The summed E-state index contributed by atoms with van der Waals surface area (Å²) < 4.78 is 5.15. The minimum atomic E-state index is -0.564. The van der Waals surface area contributed by atoms with Crippen LogP contribution in [0.5, 0.6) is 0 Å². The molecule has 23 heavy (non-hydrogen) atoms. The molecule has 0 spiro atoms. The number of carbonyl (C=O) groups excluding carboxylic acids is 1. The lowest BCUT2D eigenvalue weighted by atomic mass is 10.1. The van der Waals surface area contributed by atoms with E-state index in [1.807, 2.05) is 31.2 Å². The molecule has 2 aromatic heterocycles. The molecule has 0 saturated carbocycles. The molecule has 2 heterocycles. The SMILES string of the molecule is Cc1ccc(-c2cc(C(=O)NCc3ccco3)[nH]c(=O)n2)cc1. The maximum atomic E-state index is 12.2. The zero-order chi connectivity index (χ0) is 16.2. The maximum Gasteiger partial charge on any atom is 0.346 e. The van der Waals surface area contributed by atoms with Gasteiger partial charge >= 0.3 is 5.69 Å². The molecule has 0 aliphatic rings. The normalized spacial score (nSPS) is 10.5. The fourth-order valence-electron chi connectivity index (χ4n) is 2.13. The van der Waals surface area contributed by atoms with Crippen LogP contribution in [-0.2, 0) is 6.54 Å². The Morgan fingerprint density at radius 2 is 2.04 bits per heavy atom. The van der Waals surface area contributed by atoms with Crippen molar-refractivity contribution in [3.05, 3.63) is 76.2 Å². The molecular formula is C17H15N3O3. The zero-order valence-corrected chi connectivity index (χ0v) is 12.5. The van der Waals surface area contributed by atoms with Gasteiger partial charge in [0.1, 0.15) is 11.5 Å². The molecule has 3 aromatic rings. The summed E-state index contributed by atoms with van der Waals surface area (Å²) in [6.07, 6.45) is 1.53. The highest BCUT2D eigenvalue weighted by Gasteiger charge is 2.11. The van der Waals surface area contributed by atoms with E-state index in [9.17, 15) is 9.59 Å². The number of H-pyrrole nitrogens is 1. The van der Waals surface area contributed by atoms with Crippen LogP contribution in [0.2, 0.25) is 0 Å². The van der Waals surface area contributed by atoms with Crippen LogP contribution >= 0.6 is 0 Å². The molecule has 0 aliphatic carbocycles. The molecule has 1 amide bonds. The Hall–Kier alpha value is -3.15. The molecule has 1 aromatic carbocycles. The predicted molar refractivity (Wildman–Crippen MR) is 84.9 cm³/mol. The molecule has 116 valence electrons. The van der Waals surface area contributed by atoms with E-state index in [0.717, 1.165) is 11.1 Å². The van der Waals surface area contributed by atoms with Gasteiger partial charge in [0.25, 0.3) is 5.91 Å². The van der Waals surface area contributed by atoms with Crippen molar-refractivity contribution in [1.82, 2.24) is 15.3 Å². The summed E-state index contributed by atoms with van der Waals surface area (Å²) in [4.78, 5) is 30.3. The highest BCUT2D eigenvalue weighted by atomic mass is 16.3. The number of nitrogens with one attached hydrogen (secondary N) is 2. The fourth-order valence-corrected chi connectivity index (χ4v) is 2.13. The molecule has 0 atom stereocenters. The number of aromatic amines is 1. The van der Waals surface area contributed by atoms with Crippen molar-refractivity contribution in [2.45, 2.75) is 13.5 Å².